The highest BCUT2D eigenvalue weighted by molar-refractivity contribution is 6.30. The smallest absolute Gasteiger partial charge is 0.107 e. The third-order valence-corrected chi connectivity index (χ3v) is 3.18. The molecule has 0 radical (unpaired) electrons. The molecule has 0 aromatic heterocycles. The van der Waals surface area contributed by atoms with Gasteiger partial charge >= 0.3 is 0 Å². The molecule has 4 heteroatoms. The predicted molar refractivity (Wildman–Crippen MR) is 81.9 cm³/mol. The second-order valence-electron chi connectivity index (χ2n) is 4.07. The van der Waals surface area contributed by atoms with Crippen LogP contribution in [0, 0.1) is 0 Å². The summed E-state index contributed by atoms with van der Waals surface area (Å²) in [7, 11) is 1.70. The van der Waals surface area contributed by atoms with E-state index < -0.39 is 0 Å². The lowest BCUT2D eigenvalue weighted by atomic mass is 9.96. The van der Waals surface area contributed by atoms with Crippen LogP contribution >= 0.6 is 24.0 Å². The lowest BCUT2D eigenvalue weighted by Gasteiger charge is -2.19. The van der Waals surface area contributed by atoms with Gasteiger partial charge in [0.2, 0.25) is 0 Å². The monoisotopic (exact) mass is 297 g/mol. The Bertz CT molecular complexity index is 517. The van der Waals surface area contributed by atoms with Gasteiger partial charge < -0.3 is 10.5 Å². The van der Waals surface area contributed by atoms with Crippen molar-refractivity contribution in [3.8, 4) is 0 Å². The summed E-state index contributed by atoms with van der Waals surface area (Å²) in [5, 5.41) is 0.696. The van der Waals surface area contributed by atoms with Crippen LogP contribution in [0.5, 0.6) is 0 Å². The Morgan fingerprint density at radius 3 is 2.42 bits per heavy atom. The lowest BCUT2D eigenvalue weighted by Crippen LogP contribution is -2.09. The van der Waals surface area contributed by atoms with Crippen LogP contribution in [0.1, 0.15) is 22.8 Å². The van der Waals surface area contributed by atoms with Gasteiger partial charge in [0, 0.05) is 18.7 Å². The highest BCUT2D eigenvalue weighted by Gasteiger charge is 2.16. The Kier molecular flexibility index (Phi) is 6.32. The fourth-order valence-electron chi connectivity index (χ4n) is 2.08. The molecule has 2 aromatic rings. The molecule has 1 unspecified atom stereocenters. The van der Waals surface area contributed by atoms with E-state index in [0.717, 1.165) is 16.7 Å². The molecule has 0 saturated heterocycles. The highest BCUT2D eigenvalue weighted by atomic mass is 35.5. The predicted octanol–water partition coefficient (Wildman–Crippen LogP) is 3.96. The third kappa shape index (κ3) is 3.71. The number of hydrogen-bond acceptors (Lipinski definition) is 2. The standard InChI is InChI=1S/C15H16ClNO.ClH/c1-18-15(11-5-3-2-4-6-11)14-8-7-13(16)9-12(14)10-17;/h2-9,15H,10,17H2,1H3;1H. The van der Waals surface area contributed by atoms with Crippen LogP contribution in [0.15, 0.2) is 48.5 Å². The Balaban J connectivity index is 0.00000180. The summed E-state index contributed by atoms with van der Waals surface area (Å²) in [4.78, 5) is 0. The average Bonchev–Trinajstić information content (AvgIpc) is 2.42. The normalized spacial score (nSPS) is 11.7. The zero-order valence-electron chi connectivity index (χ0n) is 10.7. The molecule has 2 nitrogen and oxygen atoms in total. The number of hydrogen-bond donors (Lipinski definition) is 1. The molecule has 0 saturated carbocycles. The molecular weight excluding hydrogens is 281 g/mol. The maximum atomic E-state index is 5.99. The SMILES string of the molecule is COC(c1ccccc1)c1ccc(Cl)cc1CN.Cl. The van der Waals surface area contributed by atoms with Crippen molar-refractivity contribution in [1.29, 1.82) is 0 Å². The van der Waals surface area contributed by atoms with Gasteiger partial charge in [-0.1, -0.05) is 48.0 Å². The lowest BCUT2D eigenvalue weighted by molar-refractivity contribution is 0.135. The first kappa shape index (κ1) is 16.0. The molecule has 0 spiro atoms. The summed E-state index contributed by atoms with van der Waals surface area (Å²) in [5.74, 6) is 0. The Morgan fingerprint density at radius 2 is 1.84 bits per heavy atom. The first-order valence-corrected chi connectivity index (χ1v) is 6.20. The topological polar surface area (TPSA) is 35.2 Å². The van der Waals surface area contributed by atoms with E-state index in [-0.39, 0.29) is 18.5 Å². The van der Waals surface area contributed by atoms with Gasteiger partial charge in [-0.25, -0.2) is 0 Å². The number of nitrogens with two attached hydrogens (primary N) is 1. The second-order valence-corrected chi connectivity index (χ2v) is 4.51. The number of halogens is 2. The van der Waals surface area contributed by atoms with Gasteiger partial charge in [0.15, 0.2) is 0 Å². The van der Waals surface area contributed by atoms with Gasteiger partial charge in [-0.3, -0.25) is 0 Å². The van der Waals surface area contributed by atoms with Crippen molar-refractivity contribution in [2.45, 2.75) is 12.6 Å². The summed E-state index contributed by atoms with van der Waals surface area (Å²) in [6, 6.07) is 15.8. The van der Waals surface area contributed by atoms with E-state index in [0.29, 0.717) is 11.6 Å². The van der Waals surface area contributed by atoms with Crippen molar-refractivity contribution >= 4 is 24.0 Å². The van der Waals surface area contributed by atoms with E-state index in [9.17, 15) is 0 Å². The van der Waals surface area contributed by atoms with Crippen molar-refractivity contribution in [2.24, 2.45) is 5.73 Å². The summed E-state index contributed by atoms with van der Waals surface area (Å²) in [6.45, 7) is 0.447. The van der Waals surface area contributed by atoms with E-state index in [2.05, 4.69) is 0 Å². The summed E-state index contributed by atoms with van der Waals surface area (Å²) < 4.78 is 5.61. The molecule has 0 fully saturated rings. The van der Waals surface area contributed by atoms with Crippen LogP contribution in [-0.2, 0) is 11.3 Å². The molecule has 0 heterocycles. The van der Waals surface area contributed by atoms with Gasteiger partial charge in [0.1, 0.15) is 6.10 Å². The third-order valence-electron chi connectivity index (χ3n) is 2.95. The Hall–Kier alpha value is -1.06. The highest BCUT2D eigenvalue weighted by Crippen LogP contribution is 2.29. The van der Waals surface area contributed by atoms with Crippen LogP contribution in [0.4, 0.5) is 0 Å². The van der Waals surface area contributed by atoms with Crippen LogP contribution in [0.2, 0.25) is 5.02 Å². The van der Waals surface area contributed by atoms with E-state index in [4.69, 9.17) is 22.1 Å². The molecule has 0 aliphatic rings. The van der Waals surface area contributed by atoms with Crippen molar-refractivity contribution in [1.82, 2.24) is 0 Å². The van der Waals surface area contributed by atoms with Crippen LogP contribution in [0.25, 0.3) is 0 Å². The molecule has 1 atom stereocenters. The average molecular weight is 298 g/mol. The van der Waals surface area contributed by atoms with Crippen LogP contribution in [0.3, 0.4) is 0 Å². The zero-order chi connectivity index (χ0) is 13.0. The largest absolute Gasteiger partial charge is 0.372 e. The van der Waals surface area contributed by atoms with Crippen molar-refractivity contribution < 1.29 is 4.74 Å². The van der Waals surface area contributed by atoms with Crippen LogP contribution in [-0.4, -0.2) is 7.11 Å². The first-order chi connectivity index (χ1) is 8.76. The van der Waals surface area contributed by atoms with Gasteiger partial charge in [-0.15, -0.1) is 12.4 Å². The van der Waals surface area contributed by atoms with Gasteiger partial charge in [-0.2, -0.15) is 0 Å². The molecule has 0 aliphatic carbocycles. The quantitative estimate of drug-likeness (QED) is 0.927. The van der Waals surface area contributed by atoms with Crippen molar-refractivity contribution in [2.75, 3.05) is 7.11 Å². The molecule has 2 rings (SSSR count). The number of rotatable bonds is 4. The number of benzene rings is 2. The summed E-state index contributed by atoms with van der Waals surface area (Å²) in [6.07, 6.45) is -0.109. The Labute approximate surface area is 124 Å². The van der Waals surface area contributed by atoms with Gasteiger partial charge in [0.05, 0.1) is 0 Å². The number of methoxy groups -OCH3 is 1. The second kappa shape index (κ2) is 7.51. The van der Waals surface area contributed by atoms with E-state index in [1.807, 2.05) is 48.5 Å². The molecule has 0 amide bonds. The molecule has 0 bridgehead atoms. The zero-order valence-corrected chi connectivity index (χ0v) is 12.2. The molecule has 102 valence electrons. The fraction of sp³-hybridized carbons (Fsp3) is 0.200. The van der Waals surface area contributed by atoms with Gasteiger partial charge in [-0.05, 0) is 28.8 Å². The fourth-order valence-corrected chi connectivity index (χ4v) is 2.27. The summed E-state index contributed by atoms with van der Waals surface area (Å²) in [5.41, 5.74) is 8.96. The number of ether oxygens (including phenoxy) is 1. The molecular formula is C15H17Cl2NO. The van der Waals surface area contributed by atoms with Crippen LogP contribution < -0.4 is 5.73 Å². The van der Waals surface area contributed by atoms with Gasteiger partial charge in [0.25, 0.3) is 0 Å². The maximum absolute atomic E-state index is 5.99. The Morgan fingerprint density at radius 1 is 1.16 bits per heavy atom. The maximum Gasteiger partial charge on any atom is 0.107 e. The van der Waals surface area contributed by atoms with E-state index in [1.165, 1.54) is 0 Å². The minimum Gasteiger partial charge on any atom is -0.372 e. The van der Waals surface area contributed by atoms with E-state index >= 15 is 0 Å². The van der Waals surface area contributed by atoms with E-state index in [1.54, 1.807) is 7.11 Å². The summed E-state index contributed by atoms with van der Waals surface area (Å²) >= 11 is 5.99. The molecule has 2 aromatic carbocycles. The minimum atomic E-state index is -0.109. The molecule has 2 N–H and O–H groups in total. The van der Waals surface area contributed by atoms with Crippen molar-refractivity contribution in [3.05, 3.63) is 70.2 Å². The first-order valence-electron chi connectivity index (χ1n) is 5.82. The molecule has 19 heavy (non-hydrogen) atoms. The molecule has 0 aliphatic heterocycles. The minimum absolute atomic E-state index is 0. The van der Waals surface area contributed by atoms with Crippen molar-refractivity contribution in [3.63, 3.8) is 0 Å².